The molecule has 0 bridgehead atoms. The molecule has 20 heavy (non-hydrogen) atoms. The number of hydrogen-bond donors (Lipinski definition) is 1. The molecule has 0 aliphatic heterocycles. The summed E-state index contributed by atoms with van der Waals surface area (Å²) in [4.78, 5) is 0. The molecule has 0 saturated carbocycles. The van der Waals surface area contributed by atoms with Gasteiger partial charge < -0.3 is 10.1 Å². The van der Waals surface area contributed by atoms with E-state index in [-0.39, 0.29) is 6.04 Å². The van der Waals surface area contributed by atoms with Crippen LogP contribution in [0.4, 0.5) is 0 Å². The molecule has 106 valence electrons. The lowest BCUT2D eigenvalue weighted by atomic mass is 9.98. The molecule has 2 rings (SSSR count). The minimum atomic E-state index is 0.237. The molecule has 0 aromatic heterocycles. The third-order valence-electron chi connectivity index (χ3n) is 3.50. The van der Waals surface area contributed by atoms with Crippen LogP contribution in [0.5, 0.6) is 5.75 Å². The summed E-state index contributed by atoms with van der Waals surface area (Å²) in [5, 5.41) is 4.18. The Morgan fingerprint density at radius 1 is 1.15 bits per heavy atom. The summed E-state index contributed by atoms with van der Waals surface area (Å²) < 4.78 is 5.19. The normalized spacial score (nSPS) is 12.2. The number of aryl methyl sites for hydroxylation is 1. The van der Waals surface area contributed by atoms with Gasteiger partial charge >= 0.3 is 0 Å². The van der Waals surface area contributed by atoms with Crippen molar-refractivity contribution in [2.24, 2.45) is 0 Å². The molecule has 0 amide bonds. The average Bonchev–Trinajstić information content (AvgIpc) is 2.47. The highest BCUT2D eigenvalue weighted by molar-refractivity contribution is 6.31. The van der Waals surface area contributed by atoms with Crippen LogP contribution in [0.2, 0.25) is 5.02 Å². The highest BCUT2D eigenvalue weighted by Crippen LogP contribution is 2.25. The van der Waals surface area contributed by atoms with Crippen molar-refractivity contribution in [3.8, 4) is 5.75 Å². The van der Waals surface area contributed by atoms with E-state index >= 15 is 0 Å². The van der Waals surface area contributed by atoms with Crippen LogP contribution in [-0.2, 0) is 6.42 Å². The van der Waals surface area contributed by atoms with Crippen molar-refractivity contribution in [1.29, 1.82) is 0 Å². The lowest BCUT2D eigenvalue weighted by Gasteiger charge is -2.18. The Morgan fingerprint density at radius 3 is 2.40 bits per heavy atom. The third kappa shape index (κ3) is 3.53. The van der Waals surface area contributed by atoms with Gasteiger partial charge in [-0.25, -0.2) is 0 Å². The van der Waals surface area contributed by atoms with Crippen LogP contribution in [0.1, 0.15) is 22.7 Å². The lowest BCUT2D eigenvalue weighted by molar-refractivity contribution is 0.414. The molecule has 2 aromatic carbocycles. The Balaban J connectivity index is 2.19. The minimum absolute atomic E-state index is 0.237. The molecular weight excluding hydrogens is 270 g/mol. The molecule has 2 aromatic rings. The van der Waals surface area contributed by atoms with Crippen LogP contribution in [0.3, 0.4) is 0 Å². The quantitative estimate of drug-likeness (QED) is 0.892. The highest BCUT2D eigenvalue weighted by atomic mass is 35.5. The van der Waals surface area contributed by atoms with Crippen molar-refractivity contribution in [2.75, 3.05) is 14.2 Å². The fourth-order valence-electron chi connectivity index (χ4n) is 2.26. The summed E-state index contributed by atoms with van der Waals surface area (Å²) in [6.07, 6.45) is 0.863. The molecule has 0 saturated heterocycles. The van der Waals surface area contributed by atoms with E-state index in [2.05, 4.69) is 36.5 Å². The van der Waals surface area contributed by atoms with Gasteiger partial charge in [-0.2, -0.15) is 0 Å². The Morgan fingerprint density at radius 2 is 1.85 bits per heavy atom. The van der Waals surface area contributed by atoms with E-state index < -0.39 is 0 Å². The van der Waals surface area contributed by atoms with Gasteiger partial charge in [0.05, 0.1) is 7.11 Å². The molecule has 0 heterocycles. The van der Waals surface area contributed by atoms with Gasteiger partial charge in [0.2, 0.25) is 0 Å². The van der Waals surface area contributed by atoms with E-state index in [1.54, 1.807) is 7.11 Å². The van der Waals surface area contributed by atoms with E-state index in [9.17, 15) is 0 Å². The van der Waals surface area contributed by atoms with Crippen molar-refractivity contribution in [1.82, 2.24) is 5.32 Å². The van der Waals surface area contributed by atoms with Crippen molar-refractivity contribution in [3.05, 3.63) is 64.2 Å². The summed E-state index contributed by atoms with van der Waals surface area (Å²) in [6.45, 7) is 2.05. The van der Waals surface area contributed by atoms with Crippen molar-refractivity contribution >= 4 is 11.6 Å². The second-order valence-corrected chi connectivity index (χ2v) is 5.32. The van der Waals surface area contributed by atoms with E-state index in [1.165, 1.54) is 11.1 Å². The number of hydrogen-bond acceptors (Lipinski definition) is 2. The summed E-state index contributed by atoms with van der Waals surface area (Å²) in [5.41, 5.74) is 3.57. The number of likely N-dealkylation sites (N-methyl/N-ethyl adjacent to an activating group) is 1. The molecule has 1 N–H and O–H groups in total. The smallest absolute Gasteiger partial charge is 0.118 e. The summed E-state index contributed by atoms with van der Waals surface area (Å²) in [5.74, 6) is 0.872. The number of nitrogens with one attached hydrogen (secondary N) is 1. The van der Waals surface area contributed by atoms with Crippen molar-refractivity contribution in [2.45, 2.75) is 19.4 Å². The molecule has 1 atom stereocenters. The van der Waals surface area contributed by atoms with E-state index in [4.69, 9.17) is 16.3 Å². The molecule has 1 unspecified atom stereocenters. The van der Waals surface area contributed by atoms with Crippen LogP contribution < -0.4 is 10.1 Å². The molecule has 0 spiro atoms. The maximum Gasteiger partial charge on any atom is 0.118 e. The fourth-order valence-corrected chi connectivity index (χ4v) is 2.57. The van der Waals surface area contributed by atoms with Gasteiger partial charge in [0.25, 0.3) is 0 Å². The zero-order chi connectivity index (χ0) is 14.5. The zero-order valence-electron chi connectivity index (χ0n) is 12.1. The standard InChI is InChI=1S/C17H20ClNO/c1-12-4-5-14(16(18)10-12)11-17(19-2)13-6-8-15(20-3)9-7-13/h4-10,17,19H,11H2,1-3H3. The molecule has 0 fully saturated rings. The van der Waals surface area contributed by atoms with Crippen LogP contribution in [0.15, 0.2) is 42.5 Å². The first-order valence-corrected chi connectivity index (χ1v) is 7.08. The monoisotopic (exact) mass is 289 g/mol. The predicted octanol–water partition coefficient (Wildman–Crippen LogP) is 4.16. The Bertz CT molecular complexity index is 566. The number of halogens is 1. The minimum Gasteiger partial charge on any atom is -0.497 e. The second kappa shape index (κ2) is 6.78. The lowest BCUT2D eigenvalue weighted by Crippen LogP contribution is -2.19. The predicted molar refractivity (Wildman–Crippen MR) is 84.7 cm³/mol. The highest BCUT2D eigenvalue weighted by Gasteiger charge is 2.12. The average molecular weight is 290 g/mol. The Hall–Kier alpha value is -1.51. The maximum atomic E-state index is 6.32. The first-order chi connectivity index (χ1) is 9.63. The maximum absolute atomic E-state index is 6.32. The van der Waals surface area contributed by atoms with Gasteiger partial charge in [-0.05, 0) is 55.3 Å². The molecule has 0 aliphatic rings. The SMILES string of the molecule is CNC(Cc1ccc(C)cc1Cl)c1ccc(OC)cc1. The third-order valence-corrected chi connectivity index (χ3v) is 3.85. The zero-order valence-corrected chi connectivity index (χ0v) is 12.9. The largest absolute Gasteiger partial charge is 0.497 e. The number of benzene rings is 2. The Kier molecular flexibility index (Phi) is 5.05. The number of methoxy groups -OCH3 is 1. The molecular formula is C17H20ClNO. The van der Waals surface area contributed by atoms with Crippen LogP contribution >= 0.6 is 11.6 Å². The van der Waals surface area contributed by atoms with Crippen LogP contribution in [0.25, 0.3) is 0 Å². The first-order valence-electron chi connectivity index (χ1n) is 6.70. The van der Waals surface area contributed by atoms with Gasteiger partial charge in [-0.3, -0.25) is 0 Å². The number of rotatable bonds is 5. The van der Waals surface area contributed by atoms with Crippen LogP contribution in [-0.4, -0.2) is 14.2 Å². The van der Waals surface area contributed by atoms with Crippen molar-refractivity contribution in [3.63, 3.8) is 0 Å². The van der Waals surface area contributed by atoms with Crippen LogP contribution in [0, 0.1) is 6.92 Å². The topological polar surface area (TPSA) is 21.3 Å². The van der Waals surface area contributed by atoms with Gasteiger partial charge in [-0.15, -0.1) is 0 Å². The first kappa shape index (κ1) is 14.9. The van der Waals surface area contributed by atoms with Gasteiger partial charge in [0.15, 0.2) is 0 Å². The van der Waals surface area contributed by atoms with E-state index in [0.717, 1.165) is 22.8 Å². The molecule has 0 radical (unpaired) electrons. The van der Waals surface area contributed by atoms with Gasteiger partial charge in [-0.1, -0.05) is 35.9 Å². The second-order valence-electron chi connectivity index (χ2n) is 4.91. The summed E-state index contributed by atoms with van der Waals surface area (Å²) in [6, 6.07) is 14.6. The molecule has 0 aliphatic carbocycles. The molecule has 3 heteroatoms. The van der Waals surface area contributed by atoms with Gasteiger partial charge in [0.1, 0.15) is 5.75 Å². The Labute approximate surface area is 125 Å². The number of ether oxygens (including phenoxy) is 1. The summed E-state index contributed by atoms with van der Waals surface area (Å²) >= 11 is 6.32. The summed E-state index contributed by atoms with van der Waals surface area (Å²) in [7, 11) is 3.65. The van der Waals surface area contributed by atoms with Gasteiger partial charge in [0, 0.05) is 11.1 Å². The molecule has 2 nitrogen and oxygen atoms in total. The van der Waals surface area contributed by atoms with E-state index in [1.807, 2.05) is 25.2 Å². The fraction of sp³-hybridized carbons (Fsp3) is 0.294. The van der Waals surface area contributed by atoms with E-state index in [0.29, 0.717) is 0 Å². The van der Waals surface area contributed by atoms with Crippen molar-refractivity contribution < 1.29 is 4.74 Å².